The molecule has 2 aromatic rings. The van der Waals surface area contributed by atoms with Crippen LogP contribution in [-0.2, 0) is 11.3 Å². The van der Waals surface area contributed by atoms with Gasteiger partial charge < -0.3 is 40.0 Å². The Hall–Kier alpha value is -3.81. The minimum absolute atomic E-state index is 0.0983. The van der Waals surface area contributed by atoms with Gasteiger partial charge in [0.1, 0.15) is 18.2 Å². The van der Waals surface area contributed by atoms with Gasteiger partial charge in [0, 0.05) is 25.2 Å². The Morgan fingerprint density at radius 2 is 1.82 bits per heavy atom. The molecule has 1 aromatic heterocycles. The number of pyridine rings is 1. The maximum Gasteiger partial charge on any atom is 0.226 e. The molecule has 0 saturated carbocycles. The normalized spacial score (nSPS) is 14.8. The summed E-state index contributed by atoms with van der Waals surface area (Å²) < 4.78 is 44.4. The first kappa shape index (κ1) is 30.7. The highest BCUT2D eigenvalue weighted by molar-refractivity contribution is 5.96. The lowest BCUT2D eigenvalue weighted by atomic mass is 10.0. The van der Waals surface area contributed by atoms with E-state index in [2.05, 4.69) is 37.2 Å². The number of aromatic nitrogens is 1. The van der Waals surface area contributed by atoms with Gasteiger partial charge in [-0.15, -0.1) is 0 Å². The third-order valence-electron chi connectivity index (χ3n) is 6.36. The lowest BCUT2D eigenvalue weighted by Gasteiger charge is -2.34. The van der Waals surface area contributed by atoms with E-state index in [1.807, 2.05) is 12.1 Å². The van der Waals surface area contributed by atoms with Gasteiger partial charge >= 0.3 is 0 Å². The summed E-state index contributed by atoms with van der Waals surface area (Å²) in [4.78, 5) is 14.7. The van der Waals surface area contributed by atoms with E-state index in [0.717, 1.165) is 37.8 Å². The van der Waals surface area contributed by atoms with Crippen LogP contribution in [0.25, 0.3) is 0 Å². The summed E-state index contributed by atoms with van der Waals surface area (Å²) in [6.45, 7) is 6.08. The molecule has 0 unspecified atom stereocenters. The summed E-state index contributed by atoms with van der Waals surface area (Å²) in [5.41, 5.74) is 0.305. The molecule has 4 N–H and O–H groups in total. The fraction of sp³-hybridized carbons (Fsp3) is 0.444. The Morgan fingerprint density at radius 3 is 2.35 bits per heavy atom. The number of aliphatic imine (C=N–C) groups is 2. The monoisotopic (exact) mass is 562 g/mol. The number of aliphatic hydroxyl groups excluding tert-OH is 2. The number of allylic oxidation sites excluding steroid dienone is 1. The van der Waals surface area contributed by atoms with Crippen LogP contribution in [0, 0.1) is 11.6 Å². The molecule has 0 spiro atoms. The molecular formula is C27H36F2N6O5. The van der Waals surface area contributed by atoms with Crippen LogP contribution < -0.4 is 25.0 Å². The maximum absolute atomic E-state index is 14.5. The number of aliphatic hydroxyl groups is 2. The largest absolute Gasteiger partial charge is 0.494 e. The average molecular weight is 563 g/mol. The molecule has 3 rings (SSSR count). The number of rotatable bonds is 12. The van der Waals surface area contributed by atoms with Gasteiger partial charge in [-0.05, 0) is 38.6 Å². The predicted octanol–water partition coefficient (Wildman–Crippen LogP) is 2.84. The second-order valence-electron chi connectivity index (χ2n) is 9.05. The minimum Gasteiger partial charge on any atom is -0.494 e. The first-order chi connectivity index (χ1) is 19.3. The molecule has 0 amide bonds. The van der Waals surface area contributed by atoms with Crippen molar-refractivity contribution in [3.8, 4) is 11.5 Å². The molecule has 0 atom stereocenters. The lowest BCUT2D eigenvalue weighted by Crippen LogP contribution is -2.48. The molecule has 218 valence electrons. The number of nitrogens with one attached hydrogen (secondary N) is 2. The molecule has 0 bridgehead atoms. The topological polar surface area (TPSA) is 133 Å². The molecule has 1 aromatic carbocycles. The number of nitrogens with zero attached hydrogens (tertiary/aromatic N) is 4. The summed E-state index contributed by atoms with van der Waals surface area (Å²) in [5.74, 6) is -0.787. The van der Waals surface area contributed by atoms with E-state index in [1.165, 1.54) is 20.4 Å². The summed E-state index contributed by atoms with van der Waals surface area (Å²) >= 11 is 0. The SMILES string of the molecule is C=N/C(=N\C=C(/C)OCc1c(F)c(OC)cc(OC)c1F)Nc1ccc(N2CCC(NC(CO)CO)CC2)nc1. The number of methoxy groups -OCH3 is 2. The molecule has 40 heavy (non-hydrogen) atoms. The number of piperidine rings is 1. The van der Waals surface area contributed by atoms with Gasteiger partial charge in [-0.2, -0.15) is 0 Å². The van der Waals surface area contributed by atoms with Crippen molar-refractivity contribution in [2.24, 2.45) is 9.98 Å². The zero-order valence-electron chi connectivity index (χ0n) is 22.9. The summed E-state index contributed by atoms with van der Waals surface area (Å²) in [6.07, 6.45) is 4.74. The summed E-state index contributed by atoms with van der Waals surface area (Å²) in [5, 5.41) is 24.8. The average Bonchev–Trinajstić information content (AvgIpc) is 2.98. The van der Waals surface area contributed by atoms with Crippen LogP contribution in [0.3, 0.4) is 0 Å². The molecule has 11 nitrogen and oxygen atoms in total. The number of hydrogen-bond donors (Lipinski definition) is 4. The first-order valence-electron chi connectivity index (χ1n) is 12.7. The van der Waals surface area contributed by atoms with Crippen molar-refractivity contribution in [2.75, 3.05) is 50.7 Å². The number of hydrogen-bond acceptors (Lipinski definition) is 9. The van der Waals surface area contributed by atoms with Gasteiger partial charge in [0.25, 0.3) is 0 Å². The number of ether oxygens (including phenoxy) is 3. The van der Waals surface area contributed by atoms with Gasteiger partial charge in [-0.25, -0.2) is 23.7 Å². The standard InChI is InChI=1S/C27H36F2N6O5/c1-17(40-16-21-25(28)22(38-3)11-23(39-4)26(21)29)12-32-27(30-2)34-19-5-6-24(31-13-19)35-9-7-18(8-10-35)33-20(14-36)15-37/h5-6,11-13,18,20,33,36-37H,2,7-10,14-16H2,1,3-4H3,(H,32,34)/b17-12+. The molecule has 1 aliphatic rings. The second-order valence-corrected chi connectivity index (χ2v) is 9.05. The molecule has 13 heteroatoms. The van der Waals surface area contributed by atoms with E-state index in [4.69, 9.17) is 14.2 Å². The van der Waals surface area contributed by atoms with Crippen LogP contribution in [-0.4, -0.2) is 80.5 Å². The summed E-state index contributed by atoms with van der Waals surface area (Å²) in [7, 11) is 2.55. The quantitative estimate of drug-likeness (QED) is 0.175. The van der Waals surface area contributed by atoms with E-state index in [-0.39, 0.29) is 54.1 Å². The van der Waals surface area contributed by atoms with Crippen molar-refractivity contribution >= 4 is 24.2 Å². The van der Waals surface area contributed by atoms with E-state index in [0.29, 0.717) is 5.69 Å². The fourth-order valence-corrected chi connectivity index (χ4v) is 4.10. The Kier molecular flexibility index (Phi) is 11.6. The van der Waals surface area contributed by atoms with Crippen molar-refractivity contribution in [3.05, 3.63) is 53.6 Å². The van der Waals surface area contributed by atoms with Crippen LogP contribution >= 0.6 is 0 Å². The van der Waals surface area contributed by atoms with Gasteiger partial charge in [0.2, 0.25) is 5.96 Å². The van der Waals surface area contributed by atoms with E-state index in [9.17, 15) is 19.0 Å². The fourth-order valence-electron chi connectivity index (χ4n) is 4.10. The predicted molar refractivity (Wildman–Crippen MR) is 149 cm³/mol. The maximum atomic E-state index is 14.5. The molecule has 0 radical (unpaired) electrons. The number of halogens is 2. The Bertz CT molecular complexity index is 1150. The van der Waals surface area contributed by atoms with E-state index >= 15 is 0 Å². The Balaban J connectivity index is 1.57. The van der Waals surface area contributed by atoms with Gasteiger partial charge in [-0.3, -0.25) is 0 Å². The highest BCUT2D eigenvalue weighted by Gasteiger charge is 2.22. The number of anilines is 2. The van der Waals surface area contributed by atoms with E-state index in [1.54, 1.807) is 13.1 Å². The van der Waals surface area contributed by atoms with Gasteiger partial charge in [-0.1, -0.05) is 0 Å². The van der Waals surface area contributed by atoms with Crippen LogP contribution in [0.2, 0.25) is 0 Å². The third-order valence-corrected chi connectivity index (χ3v) is 6.36. The molecule has 2 heterocycles. The molecule has 0 aliphatic carbocycles. The van der Waals surface area contributed by atoms with Crippen molar-refractivity contribution < 1.29 is 33.2 Å². The highest BCUT2D eigenvalue weighted by Crippen LogP contribution is 2.32. The number of guanidine groups is 1. The van der Waals surface area contributed by atoms with Crippen molar-refractivity contribution in [3.63, 3.8) is 0 Å². The van der Waals surface area contributed by atoms with Crippen LogP contribution in [0.15, 0.2) is 46.3 Å². The summed E-state index contributed by atoms with van der Waals surface area (Å²) in [6, 6.07) is 4.79. The molecular weight excluding hydrogens is 526 g/mol. The van der Waals surface area contributed by atoms with Gasteiger partial charge in [0.15, 0.2) is 23.1 Å². The number of benzene rings is 1. The third kappa shape index (κ3) is 8.10. The molecule has 1 aliphatic heterocycles. The highest BCUT2D eigenvalue weighted by atomic mass is 19.1. The second kappa shape index (κ2) is 15.1. The van der Waals surface area contributed by atoms with Crippen LogP contribution in [0.1, 0.15) is 25.3 Å². The van der Waals surface area contributed by atoms with Crippen LogP contribution in [0.4, 0.5) is 20.3 Å². The first-order valence-corrected chi connectivity index (χ1v) is 12.7. The lowest BCUT2D eigenvalue weighted by molar-refractivity contribution is 0.157. The van der Waals surface area contributed by atoms with Crippen molar-refractivity contribution in [1.82, 2.24) is 10.3 Å². The van der Waals surface area contributed by atoms with E-state index < -0.39 is 18.2 Å². The zero-order valence-corrected chi connectivity index (χ0v) is 22.9. The Morgan fingerprint density at radius 1 is 1.18 bits per heavy atom. The molecule has 1 fully saturated rings. The van der Waals surface area contributed by atoms with Crippen molar-refractivity contribution in [2.45, 2.75) is 38.5 Å². The Labute approximate surface area is 232 Å². The molecule has 1 saturated heterocycles. The van der Waals surface area contributed by atoms with Crippen LogP contribution in [0.5, 0.6) is 11.5 Å². The smallest absolute Gasteiger partial charge is 0.226 e. The minimum atomic E-state index is -0.874. The van der Waals surface area contributed by atoms with Crippen molar-refractivity contribution in [1.29, 1.82) is 0 Å². The van der Waals surface area contributed by atoms with Gasteiger partial charge in [0.05, 0.1) is 57.1 Å². The zero-order chi connectivity index (χ0) is 29.1.